The number of rotatable bonds is 6. The predicted molar refractivity (Wildman–Crippen MR) is 132 cm³/mol. The van der Waals surface area contributed by atoms with Gasteiger partial charge < -0.3 is 10.2 Å². The summed E-state index contributed by atoms with van der Waals surface area (Å²) in [4.78, 5) is 41.1. The summed E-state index contributed by atoms with van der Waals surface area (Å²) in [5.74, 6) is -0.612. The van der Waals surface area contributed by atoms with Crippen molar-refractivity contribution in [3.05, 3.63) is 71.4 Å². The molecular weight excluding hydrogens is 466 g/mol. The number of benzene rings is 2. The second-order valence-corrected chi connectivity index (χ2v) is 9.59. The second kappa shape index (κ2) is 9.19. The van der Waals surface area contributed by atoms with Gasteiger partial charge in [-0.15, -0.1) is 0 Å². The summed E-state index contributed by atoms with van der Waals surface area (Å²) in [6.07, 6.45) is 4.94. The Bertz CT molecular complexity index is 1270. The molecule has 1 aromatic heterocycles. The number of likely N-dealkylation sites (N-methyl/N-ethyl adjacent to an activating group) is 1. The summed E-state index contributed by atoms with van der Waals surface area (Å²) in [6, 6.07) is 16.6. The minimum atomic E-state index is -0.825. The zero-order valence-corrected chi connectivity index (χ0v) is 20.2. The van der Waals surface area contributed by atoms with E-state index < -0.39 is 11.6 Å². The molecule has 1 aliphatic heterocycles. The van der Waals surface area contributed by atoms with Gasteiger partial charge >= 0.3 is 6.03 Å². The number of carbonyl (C=O) groups excluding carboxylic acids is 3. The van der Waals surface area contributed by atoms with E-state index >= 15 is 0 Å². The minimum Gasteiger partial charge on any atom is -0.340 e. The van der Waals surface area contributed by atoms with Gasteiger partial charge in [0.05, 0.1) is 11.4 Å². The van der Waals surface area contributed by atoms with Gasteiger partial charge in [0.15, 0.2) is 0 Å². The first kappa shape index (κ1) is 23.1. The average molecular weight is 492 g/mol. The highest BCUT2D eigenvalue weighted by atomic mass is 35.5. The van der Waals surface area contributed by atoms with Crippen molar-refractivity contribution in [2.75, 3.05) is 13.6 Å². The number of aromatic nitrogens is 2. The lowest BCUT2D eigenvalue weighted by Crippen LogP contribution is -2.45. The van der Waals surface area contributed by atoms with E-state index in [1.165, 1.54) is 4.90 Å². The molecule has 9 heteroatoms. The molecule has 0 unspecified atom stereocenters. The number of hydrogen-bond donors (Lipinski definition) is 1. The van der Waals surface area contributed by atoms with Gasteiger partial charge in [0, 0.05) is 35.9 Å². The van der Waals surface area contributed by atoms with Crippen molar-refractivity contribution in [2.24, 2.45) is 0 Å². The largest absolute Gasteiger partial charge is 0.340 e. The number of nitrogens with one attached hydrogen (secondary N) is 1. The van der Waals surface area contributed by atoms with Gasteiger partial charge in [-0.25, -0.2) is 9.48 Å². The fraction of sp³-hybridized carbons (Fsp3) is 0.308. The molecule has 2 aromatic carbocycles. The number of halogens is 1. The SMILES string of the molecule is CN(Cc1cn(-c2ccccc2)nc1-c1ccc(Cl)cc1)C(=O)CN1C(=O)NC2(CCCC2)C1=O. The highest BCUT2D eigenvalue weighted by Gasteiger charge is 2.52. The molecule has 8 nitrogen and oxygen atoms in total. The van der Waals surface area contributed by atoms with Gasteiger partial charge in [-0.05, 0) is 37.1 Å². The minimum absolute atomic E-state index is 0.262. The molecule has 1 aliphatic carbocycles. The average Bonchev–Trinajstić information content (AvgIpc) is 3.56. The van der Waals surface area contributed by atoms with Crippen molar-refractivity contribution < 1.29 is 14.4 Å². The molecular formula is C26H26ClN5O3. The summed E-state index contributed by atoms with van der Waals surface area (Å²) in [5.41, 5.74) is 2.50. The Morgan fingerprint density at radius 1 is 1.09 bits per heavy atom. The van der Waals surface area contributed by atoms with Crippen molar-refractivity contribution in [2.45, 2.75) is 37.8 Å². The molecule has 4 amide bonds. The number of urea groups is 1. The summed E-state index contributed by atoms with van der Waals surface area (Å²) >= 11 is 6.07. The van der Waals surface area contributed by atoms with Crippen LogP contribution in [-0.4, -0.2) is 56.6 Å². The van der Waals surface area contributed by atoms with Crippen LogP contribution in [0.5, 0.6) is 0 Å². The molecule has 35 heavy (non-hydrogen) atoms. The van der Waals surface area contributed by atoms with E-state index in [4.69, 9.17) is 16.7 Å². The number of para-hydroxylation sites is 1. The Morgan fingerprint density at radius 2 is 1.77 bits per heavy atom. The van der Waals surface area contributed by atoms with Gasteiger partial charge in [-0.2, -0.15) is 5.10 Å². The standard InChI is InChI=1S/C26H26ClN5O3/c1-30(22(33)17-31-24(34)26(28-25(31)35)13-5-6-14-26)15-19-16-32(21-7-3-2-4-8-21)29-23(19)18-9-11-20(27)12-10-18/h2-4,7-12,16H,5-6,13-15,17H2,1H3,(H,28,35). The van der Waals surface area contributed by atoms with Gasteiger partial charge in [-0.1, -0.05) is 54.8 Å². The Labute approximate surface area is 208 Å². The third-order valence-corrected chi connectivity index (χ3v) is 7.01. The topological polar surface area (TPSA) is 87.5 Å². The smallest absolute Gasteiger partial charge is 0.325 e. The van der Waals surface area contributed by atoms with E-state index in [-0.39, 0.29) is 24.9 Å². The van der Waals surface area contributed by atoms with Gasteiger partial charge in [0.25, 0.3) is 5.91 Å². The molecule has 1 saturated carbocycles. The molecule has 180 valence electrons. The molecule has 0 radical (unpaired) electrons. The Morgan fingerprint density at radius 3 is 2.46 bits per heavy atom. The van der Waals surface area contributed by atoms with Crippen LogP contribution in [0.15, 0.2) is 60.8 Å². The van der Waals surface area contributed by atoms with Gasteiger partial charge in [-0.3, -0.25) is 14.5 Å². The fourth-order valence-corrected chi connectivity index (χ4v) is 4.95. The molecule has 1 N–H and O–H groups in total. The number of nitrogens with zero attached hydrogens (tertiary/aromatic N) is 4. The van der Waals surface area contributed by atoms with Crippen LogP contribution < -0.4 is 5.32 Å². The molecule has 5 rings (SSSR count). The third-order valence-electron chi connectivity index (χ3n) is 6.76. The molecule has 0 atom stereocenters. The maximum Gasteiger partial charge on any atom is 0.325 e. The first-order valence-electron chi connectivity index (χ1n) is 11.6. The number of hydrogen-bond acceptors (Lipinski definition) is 4. The fourth-order valence-electron chi connectivity index (χ4n) is 4.83. The summed E-state index contributed by atoms with van der Waals surface area (Å²) in [6.45, 7) is -0.0234. The third kappa shape index (κ3) is 4.41. The molecule has 1 spiro atoms. The lowest BCUT2D eigenvalue weighted by atomic mass is 9.98. The molecule has 1 saturated heterocycles. The Hall–Kier alpha value is -3.65. The van der Waals surface area contributed by atoms with Crippen LogP contribution in [0.2, 0.25) is 5.02 Å². The molecule has 0 bridgehead atoms. The van der Waals surface area contributed by atoms with E-state index in [9.17, 15) is 14.4 Å². The highest BCUT2D eigenvalue weighted by molar-refractivity contribution is 6.30. The lowest BCUT2D eigenvalue weighted by molar-refractivity contribution is -0.138. The van der Waals surface area contributed by atoms with Crippen LogP contribution in [0.4, 0.5) is 4.79 Å². The van der Waals surface area contributed by atoms with Crippen molar-refractivity contribution in [1.82, 2.24) is 24.9 Å². The molecule has 2 heterocycles. The van der Waals surface area contributed by atoms with Gasteiger partial charge in [0.2, 0.25) is 5.91 Å². The maximum atomic E-state index is 13.1. The summed E-state index contributed by atoms with van der Waals surface area (Å²) in [5, 5.41) is 8.22. The number of imide groups is 1. The van der Waals surface area contributed by atoms with Crippen LogP contribution in [0.3, 0.4) is 0 Å². The maximum absolute atomic E-state index is 13.1. The monoisotopic (exact) mass is 491 g/mol. The predicted octanol–water partition coefficient (Wildman–Crippen LogP) is 4.02. The first-order chi connectivity index (χ1) is 16.9. The summed E-state index contributed by atoms with van der Waals surface area (Å²) < 4.78 is 1.78. The van der Waals surface area contributed by atoms with Crippen molar-refractivity contribution in [1.29, 1.82) is 0 Å². The van der Waals surface area contributed by atoms with Crippen molar-refractivity contribution in [3.63, 3.8) is 0 Å². The van der Waals surface area contributed by atoms with Crippen molar-refractivity contribution >= 4 is 29.4 Å². The Balaban J connectivity index is 1.37. The van der Waals surface area contributed by atoms with E-state index in [1.54, 1.807) is 23.9 Å². The zero-order valence-electron chi connectivity index (χ0n) is 19.4. The molecule has 2 fully saturated rings. The van der Waals surface area contributed by atoms with E-state index in [1.807, 2.05) is 48.7 Å². The highest BCUT2D eigenvalue weighted by Crippen LogP contribution is 2.35. The second-order valence-electron chi connectivity index (χ2n) is 9.15. The molecule has 2 aliphatic rings. The number of carbonyl (C=O) groups is 3. The van der Waals surface area contributed by atoms with Crippen LogP contribution in [-0.2, 0) is 16.1 Å². The zero-order chi connectivity index (χ0) is 24.6. The van der Waals surface area contributed by atoms with E-state index in [0.29, 0.717) is 17.9 Å². The lowest BCUT2D eigenvalue weighted by Gasteiger charge is -2.22. The van der Waals surface area contributed by atoms with Crippen LogP contribution in [0, 0.1) is 0 Å². The van der Waals surface area contributed by atoms with Crippen LogP contribution >= 0.6 is 11.6 Å². The summed E-state index contributed by atoms with van der Waals surface area (Å²) in [7, 11) is 1.66. The molecule has 3 aromatic rings. The van der Waals surface area contributed by atoms with Crippen molar-refractivity contribution in [3.8, 4) is 16.9 Å². The quantitative estimate of drug-likeness (QED) is 0.528. The van der Waals surface area contributed by atoms with E-state index in [0.717, 1.165) is 40.2 Å². The van der Waals surface area contributed by atoms with Gasteiger partial charge in [0.1, 0.15) is 12.1 Å². The Kier molecular flexibility index (Phi) is 6.06. The van der Waals surface area contributed by atoms with Crippen LogP contribution in [0.1, 0.15) is 31.2 Å². The normalized spacial score (nSPS) is 16.7. The van der Waals surface area contributed by atoms with E-state index in [2.05, 4.69) is 5.32 Å². The first-order valence-corrected chi connectivity index (χ1v) is 12.0. The number of amides is 4. The van der Waals surface area contributed by atoms with Crippen LogP contribution in [0.25, 0.3) is 16.9 Å².